The molecule has 1 heterocycles. The highest BCUT2D eigenvalue weighted by molar-refractivity contribution is 8.00. The molecule has 30 heavy (non-hydrogen) atoms. The standard InChI is InChI=1S/C22H24N4O3S/c1-5-23-21(29)25-19(27)15(4)30-22-24-17-11-7-6-10-16(17)20(28)26(22)18-12-8-9-13(2)14(18)3/h6-12,15H,5H2,1-4H3,(H2,23,25,27,29). The zero-order chi connectivity index (χ0) is 21.8. The predicted octanol–water partition coefficient (Wildman–Crippen LogP) is 3.33. The third-order valence-corrected chi connectivity index (χ3v) is 5.84. The largest absolute Gasteiger partial charge is 0.338 e. The van der Waals surface area contributed by atoms with E-state index in [-0.39, 0.29) is 5.56 Å². The Labute approximate surface area is 178 Å². The first kappa shape index (κ1) is 21.6. The summed E-state index contributed by atoms with van der Waals surface area (Å²) in [6, 6.07) is 12.3. The third kappa shape index (κ3) is 4.38. The predicted molar refractivity (Wildman–Crippen MR) is 119 cm³/mol. The average Bonchev–Trinajstić information content (AvgIpc) is 2.71. The molecule has 3 aromatic rings. The molecule has 0 saturated carbocycles. The number of nitrogens with one attached hydrogen (secondary N) is 2. The number of aryl methyl sites for hydroxylation is 1. The van der Waals surface area contributed by atoms with Gasteiger partial charge in [-0.15, -0.1) is 0 Å². The van der Waals surface area contributed by atoms with E-state index < -0.39 is 17.2 Å². The van der Waals surface area contributed by atoms with Crippen molar-refractivity contribution in [2.75, 3.05) is 6.54 Å². The lowest BCUT2D eigenvalue weighted by atomic mass is 10.1. The van der Waals surface area contributed by atoms with Gasteiger partial charge < -0.3 is 5.32 Å². The first-order valence-corrected chi connectivity index (χ1v) is 10.5. The van der Waals surface area contributed by atoms with Gasteiger partial charge in [-0.05, 0) is 57.0 Å². The molecule has 156 valence electrons. The molecule has 3 rings (SSSR count). The van der Waals surface area contributed by atoms with Gasteiger partial charge in [0.2, 0.25) is 5.91 Å². The second-order valence-corrected chi connectivity index (χ2v) is 8.19. The Hall–Kier alpha value is -3.13. The summed E-state index contributed by atoms with van der Waals surface area (Å²) in [6.45, 7) is 7.79. The smallest absolute Gasteiger partial charge is 0.321 e. The number of rotatable bonds is 5. The van der Waals surface area contributed by atoms with E-state index in [0.29, 0.717) is 22.6 Å². The molecule has 0 saturated heterocycles. The van der Waals surface area contributed by atoms with E-state index in [9.17, 15) is 14.4 Å². The minimum Gasteiger partial charge on any atom is -0.338 e. The summed E-state index contributed by atoms with van der Waals surface area (Å²) in [5.41, 5.74) is 3.08. The lowest BCUT2D eigenvalue weighted by Gasteiger charge is -2.18. The fraction of sp³-hybridized carbons (Fsp3) is 0.273. The number of amides is 3. The lowest BCUT2D eigenvalue weighted by Crippen LogP contribution is -2.42. The maximum atomic E-state index is 13.4. The number of hydrogen-bond acceptors (Lipinski definition) is 5. The number of urea groups is 1. The topological polar surface area (TPSA) is 93.1 Å². The summed E-state index contributed by atoms with van der Waals surface area (Å²) in [5, 5.41) is 5.09. The zero-order valence-electron chi connectivity index (χ0n) is 17.4. The van der Waals surface area contributed by atoms with Gasteiger partial charge in [-0.3, -0.25) is 19.5 Å². The maximum Gasteiger partial charge on any atom is 0.321 e. The molecule has 0 spiro atoms. The van der Waals surface area contributed by atoms with Crippen LogP contribution in [0.1, 0.15) is 25.0 Å². The molecule has 1 unspecified atom stereocenters. The van der Waals surface area contributed by atoms with Crippen LogP contribution in [0.2, 0.25) is 0 Å². The fourth-order valence-corrected chi connectivity index (χ4v) is 3.93. The van der Waals surface area contributed by atoms with E-state index in [2.05, 4.69) is 15.6 Å². The van der Waals surface area contributed by atoms with Gasteiger partial charge in [0, 0.05) is 6.54 Å². The summed E-state index contributed by atoms with van der Waals surface area (Å²) in [5.74, 6) is -0.458. The van der Waals surface area contributed by atoms with Crippen LogP contribution in [-0.2, 0) is 4.79 Å². The van der Waals surface area contributed by atoms with E-state index in [0.717, 1.165) is 28.6 Å². The Kier molecular flexibility index (Phi) is 6.56. The molecule has 3 amide bonds. The van der Waals surface area contributed by atoms with E-state index in [1.165, 1.54) is 0 Å². The van der Waals surface area contributed by atoms with Crippen molar-refractivity contribution in [2.45, 2.75) is 38.1 Å². The van der Waals surface area contributed by atoms with Crippen molar-refractivity contribution in [1.29, 1.82) is 0 Å². The van der Waals surface area contributed by atoms with Crippen LogP contribution in [0, 0.1) is 13.8 Å². The van der Waals surface area contributed by atoms with E-state index in [4.69, 9.17) is 0 Å². The molecule has 2 aromatic carbocycles. The van der Waals surface area contributed by atoms with Crippen LogP contribution in [0.3, 0.4) is 0 Å². The van der Waals surface area contributed by atoms with Crippen molar-refractivity contribution in [3.63, 3.8) is 0 Å². The Morgan fingerprint density at radius 1 is 1.13 bits per heavy atom. The first-order chi connectivity index (χ1) is 14.3. The Morgan fingerprint density at radius 3 is 2.60 bits per heavy atom. The summed E-state index contributed by atoms with van der Waals surface area (Å²) in [4.78, 5) is 42.2. The number of carbonyl (C=O) groups excluding carboxylic acids is 2. The van der Waals surface area contributed by atoms with Crippen molar-refractivity contribution in [1.82, 2.24) is 20.2 Å². The number of nitrogens with zero attached hydrogens (tertiary/aromatic N) is 2. The molecule has 0 radical (unpaired) electrons. The highest BCUT2D eigenvalue weighted by Crippen LogP contribution is 2.27. The number of hydrogen-bond donors (Lipinski definition) is 2. The van der Waals surface area contributed by atoms with Crippen LogP contribution >= 0.6 is 11.8 Å². The van der Waals surface area contributed by atoms with Gasteiger partial charge in [-0.2, -0.15) is 0 Å². The minimum atomic E-state index is -0.642. The van der Waals surface area contributed by atoms with Gasteiger partial charge in [-0.1, -0.05) is 36.0 Å². The second kappa shape index (κ2) is 9.13. The molecule has 0 aliphatic rings. The molecule has 0 bridgehead atoms. The second-order valence-electron chi connectivity index (χ2n) is 6.88. The van der Waals surface area contributed by atoms with E-state index in [1.54, 1.807) is 36.6 Å². The first-order valence-electron chi connectivity index (χ1n) is 9.67. The average molecular weight is 425 g/mol. The van der Waals surface area contributed by atoms with Gasteiger partial charge in [0.25, 0.3) is 5.56 Å². The van der Waals surface area contributed by atoms with Crippen molar-refractivity contribution in [3.05, 3.63) is 63.9 Å². The Balaban J connectivity index is 2.09. The summed E-state index contributed by atoms with van der Waals surface area (Å²) >= 11 is 1.14. The minimum absolute atomic E-state index is 0.201. The van der Waals surface area contributed by atoms with Crippen LogP contribution in [0.4, 0.5) is 4.79 Å². The van der Waals surface area contributed by atoms with Gasteiger partial charge in [0.15, 0.2) is 5.16 Å². The van der Waals surface area contributed by atoms with Crippen molar-refractivity contribution >= 4 is 34.6 Å². The van der Waals surface area contributed by atoms with Gasteiger partial charge >= 0.3 is 6.03 Å². The van der Waals surface area contributed by atoms with Crippen LogP contribution in [-0.4, -0.2) is 33.3 Å². The molecule has 8 heteroatoms. The summed E-state index contributed by atoms with van der Waals surface area (Å²) < 4.78 is 1.55. The molecule has 1 aromatic heterocycles. The molecule has 7 nitrogen and oxygen atoms in total. The van der Waals surface area contributed by atoms with Gasteiger partial charge in [0.05, 0.1) is 21.8 Å². The number of carbonyl (C=O) groups is 2. The summed E-state index contributed by atoms with van der Waals surface area (Å²) in [7, 11) is 0. The molecule has 1 atom stereocenters. The van der Waals surface area contributed by atoms with Gasteiger partial charge in [0.1, 0.15) is 0 Å². The molecule has 0 aliphatic heterocycles. The molecule has 0 fully saturated rings. The Morgan fingerprint density at radius 2 is 1.87 bits per heavy atom. The van der Waals surface area contributed by atoms with Gasteiger partial charge in [-0.25, -0.2) is 9.78 Å². The van der Waals surface area contributed by atoms with E-state index >= 15 is 0 Å². The number of aromatic nitrogens is 2. The highest BCUT2D eigenvalue weighted by atomic mass is 32.2. The summed E-state index contributed by atoms with van der Waals surface area (Å²) in [6.07, 6.45) is 0. The number of thioether (sulfide) groups is 1. The maximum absolute atomic E-state index is 13.4. The normalized spacial score (nSPS) is 11.9. The zero-order valence-corrected chi connectivity index (χ0v) is 18.2. The van der Waals surface area contributed by atoms with Crippen molar-refractivity contribution < 1.29 is 9.59 Å². The van der Waals surface area contributed by atoms with Crippen LogP contribution in [0.5, 0.6) is 0 Å². The van der Waals surface area contributed by atoms with Crippen LogP contribution in [0.25, 0.3) is 16.6 Å². The Bertz CT molecular complexity index is 1170. The molecular formula is C22H24N4O3S. The fourth-order valence-electron chi connectivity index (χ4n) is 3.01. The van der Waals surface area contributed by atoms with Crippen molar-refractivity contribution in [2.24, 2.45) is 0 Å². The molecule has 2 N–H and O–H groups in total. The number of fused-ring (bicyclic) bond motifs is 1. The quantitative estimate of drug-likeness (QED) is 0.484. The lowest BCUT2D eigenvalue weighted by molar-refractivity contribution is -0.119. The highest BCUT2D eigenvalue weighted by Gasteiger charge is 2.22. The van der Waals surface area contributed by atoms with Crippen LogP contribution in [0.15, 0.2) is 52.4 Å². The number of imide groups is 1. The SMILES string of the molecule is CCNC(=O)NC(=O)C(C)Sc1nc2ccccc2c(=O)n1-c1cccc(C)c1C. The monoisotopic (exact) mass is 424 g/mol. The number of para-hydroxylation sites is 1. The number of benzene rings is 2. The van der Waals surface area contributed by atoms with E-state index in [1.807, 2.05) is 38.1 Å². The molecule has 0 aliphatic carbocycles. The van der Waals surface area contributed by atoms with Crippen molar-refractivity contribution in [3.8, 4) is 5.69 Å². The third-order valence-electron chi connectivity index (χ3n) is 4.79. The van der Waals surface area contributed by atoms with Crippen LogP contribution < -0.4 is 16.2 Å². The molecular weight excluding hydrogens is 400 g/mol.